The maximum atomic E-state index is 12.1. The minimum atomic E-state index is -0.455. The third kappa shape index (κ3) is 4.73. The molecule has 0 unspecified atom stereocenters. The van der Waals surface area contributed by atoms with Crippen LogP contribution < -0.4 is 4.90 Å². The number of rotatable bonds is 3. The lowest BCUT2D eigenvalue weighted by molar-refractivity contribution is 0.0288. The van der Waals surface area contributed by atoms with Gasteiger partial charge in [-0.3, -0.25) is 0 Å². The van der Waals surface area contributed by atoms with Gasteiger partial charge < -0.3 is 14.5 Å². The molecule has 1 fully saturated rings. The van der Waals surface area contributed by atoms with E-state index in [4.69, 9.17) is 16.3 Å². The van der Waals surface area contributed by atoms with Crippen molar-refractivity contribution in [2.24, 2.45) is 5.92 Å². The van der Waals surface area contributed by atoms with Crippen LogP contribution in [0, 0.1) is 5.92 Å². The van der Waals surface area contributed by atoms with E-state index in [9.17, 15) is 4.79 Å². The van der Waals surface area contributed by atoms with Gasteiger partial charge in [-0.15, -0.1) is 0 Å². The number of anilines is 1. The average molecular weight is 327 g/mol. The van der Waals surface area contributed by atoms with Crippen LogP contribution in [0.2, 0.25) is 5.15 Å². The highest BCUT2D eigenvalue weighted by molar-refractivity contribution is 6.29. The monoisotopic (exact) mass is 326 g/mol. The molecule has 1 atom stereocenters. The van der Waals surface area contributed by atoms with Gasteiger partial charge in [-0.05, 0) is 33.1 Å². The lowest BCUT2D eigenvalue weighted by Crippen LogP contribution is -2.36. The number of amides is 1. The molecule has 122 valence electrons. The van der Waals surface area contributed by atoms with Gasteiger partial charge in [-0.2, -0.15) is 0 Å². The summed E-state index contributed by atoms with van der Waals surface area (Å²) < 4.78 is 5.41. The Labute approximate surface area is 136 Å². The molecule has 7 heteroatoms. The summed E-state index contributed by atoms with van der Waals surface area (Å²) in [5, 5.41) is 0.429. The summed E-state index contributed by atoms with van der Waals surface area (Å²) in [5.41, 5.74) is -0.455. The van der Waals surface area contributed by atoms with Gasteiger partial charge in [0.05, 0.1) is 0 Å². The molecule has 2 rings (SSSR count). The van der Waals surface area contributed by atoms with Gasteiger partial charge in [0.2, 0.25) is 0 Å². The van der Waals surface area contributed by atoms with E-state index in [0.717, 1.165) is 25.3 Å². The number of carbonyl (C=O) groups is 1. The highest BCUT2D eigenvalue weighted by Crippen LogP contribution is 2.22. The lowest BCUT2D eigenvalue weighted by atomic mass is 10.1. The molecule has 0 spiro atoms. The second-order valence-electron chi connectivity index (χ2n) is 6.66. The fourth-order valence-corrected chi connectivity index (χ4v) is 2.63. The van der Waals surface area contributed by atoms with Gasteiger partial charge in [0.15, 0.2) is 0 Å². The van der Waals surface area contributed by atoms with Crippen LogP contribution in [0.1, 0.15) is 27.2 Å². The second kappa shape index (κ2) is 6.69. The number of hydrogen-bond acceptors (Lipinski definition) is 5. The van der Waals surface area contributed by atoms with E-state index in [-0.39, 0.29) is 6.09 Å². The third-order valence-electron chi connectivity index (χ3n) is 3.48. The van der Waals surface area contributed by atoms with Crippen LogP contribution in [0.3, 0.4) is 0 Å². The zero-order chi connectivity index (χ0) is 16.3. The fraction of sp³-hybridized carbons (Fsp3) is 0.667. The number of hydrogen-bond donors (Lipinski definition) is 0. The van der Waals surface area contributed by atoms with Crippen LogP contribution in [-0.4, -0.2) is 53.2 Å². The number of aromatic nitrogens is 2. The molecule has 1 saturated heterocycles. The summed E-state index contributed by atoms with van der Waals surface area (Å²) in [6, 6.07) is 1.74. The summed E-state index contributed by atoms with van der Waals surface area (Å²) in [6.45, 7) is 7.89. The van der Waals surface area contributed by atoms with Crippen molar-refractivity contribution in [2.75, 3.05) is 31.6 Å². The van der Waals surface area contributed by atoms with E-state index in [0.29, 0.717) is 17.6 Å². The van der Waals surface area contributed by atoms with Crippen molar-refractivity contribution < 1.29 is 9.53 Å². The van der Waals surface area contributed by atoms with E-state index in [2.05, 4.69) is 9.97 Å². The maximum absolute atomic E-state index is 12.1. The molecular weight excluding hydrogens is 304 g/mol. The molecule has 22 heavy (non-hydrogen) atoms. The molecule has 1 amide bonds. The predicted octanol–water partition coefficient (Wildman–Crippen LogP) is 2.82. The minimum absolute atomic E-state index is 0.234. The number of carbonyl (C=O) groups excluding carboxylic acids is 1. The van der Waals surface area contributed by atoms with Crippen molar-refractivity contribution in [3.8, 4) is 0 Å². The van der Waals surface area contributed by atoms with E-state index in [1.54, 1.807) is 11.0 Å². The second-order valence-corrected chi connectivity index (χ2v) is 7.05. The van der Waals surface area contributed by atoms with Crippen molar-refractivity contribution in [3.05, 3.63) is 17.5 Å². The summed E-state index contributed by atoms with van der Waals surface area (Å²) in [4.78, 5) is 24.0. The first kappa shape index (κ1) is 16.8. The Hall–Kier alpha value is -1.56. The Morgan fingerprint density at radius 2 is 2.23 bits per heavy atom. The molecule has 0 N–H and O–H groups in total. The normalized spacial score (nSPS) is 18.4. The molecule has 0 aliphatic carbocycles. The fourth-order valence-electron chi connectivity index (χ4n) is 2.49. The largest absolute Gasteiger partial charge is 0.444 e. The van der Waals surface area contributed by atoms with Gasteiger partial charge in [0, 0.05) is 32.7 Å². The Morgan fingerprint density at radius 1 is 1.50 bits per heavy atom. The highest BCUT2D eigenvalue weighted by Gasteiger charge is 2.30. The van der Waals surface area contributed by atoms with Gasteiger partial charge in [-0.1, -0.05) is 11.6 Å². The Morgan fingerprint density at radius 3 is 2.86 bits per heavy atom. The van der Waals surface area contributed by atoms with Crippen molar-refractivity contribution >= 4 is 23.5 Å². The molecule has 1 aliphatic rings. The third-order valence-corrected chi connectivity index (χ3v) is 3.69. The summed E-state index contributed by atoms with van der Waals surface area (Å²) in [5.74, 6) is 1.18. The molecule has 6 nitrogen and oxygen atoms in total. The van der Waals surface area contributed by atoms with Gasteiger partial charge >= 0.3 is 6.09 Å². The Balaban J connectivity index is 1.87. The van der Waals surface area contributed by atoms with E-state index >= 15 is 0 Å². The zero-order valence-corrected chi connectivity index (χ0v) is 14.3. The minimum Gasteiger partial charge on any atom is -0.444 e. The number of nitrogens with zero attached hydrogens (tertiary/aromatic N) is 4. The lowest BCUT2D eigenvalue weighted by Gasteiger charge is -2.25. The van der Waals surface area contributed by atoms with Crippen LogP contribution in [0.25, 0.3) is 0 Å². The molecule has 0 saturated carbocycles. The van der Waals surface area contributed by atoms with Crippen molar-refractivity contribution in [2.45, 2.75) is 32.8 Å². The first-order chi connectivity index (χ1) is 10.2. The molecule has 1 aromatic rings. The first-order valence-electron chi connectivity index (χ1n) is 7.41. The summed E-state index contributed by atoms with van der Waals surface area (Å²) >= 11 is 5.88. The van der Waals surface area contributed by atoms with Crippen LogP contribution in [0.5, 0.6) is 0 Å². The number of likely N-dealkylation sites (tertiary alicyclic amines) is 1. The predicted molar refractivity (Wildman–Crippen MR) is 86.2 cm³/mol. The molecule has 0 bridgehead atoms. The summed E-state index contributed by atoms with van der Waals surface area (Å²) in [7, 11) is 1.97. The van der Waals surface area contributed by atoms with Crippen LogP contribution >= 0.6 is 11.6 Å². The van der Waals surface area contributed by atoms with E-state index < -0.39 is 5.60 Å². The Bertz CT molecular complexity index is 533. The highest BCUT2D eigenvalue weighted by atomic mass is 35.5. The van der Waals surface area contributed by atoms with E-state index in [1.165, 1.54) is 6.33 Å². The zero-order valence-electron chi connectivity index (χ0n) is 13.5. The number of halogens is 1. The van der Waals surface area contributed by atoms with Crippen LogP contribution in [0.15, 0.2) is 12.4 Å². The smallest absolute Gasteiger partial charge is 0.410 e. The van der Waals surface area contributed by atoms with Crippen molar-refractivity contribution in [1.82, 2.24) is 14.9 Å². The van der Waals surface area contributed by atoms with Gasteiger partial charge in [-0.25, -0.2) is 14.8 Å². The summed E-state index contributed by atoms with van der Waals surface area (Å²) in [6.07, 6.45) is 2.18. The first-order valence-corrected chi connectivity index (χ1v) is 7.79. The topological polar surface area (TPSA) is 58.6 Å². The number of ether oxygens (including phenoxy) is 1. The van der Waals surface area contributed by atoms with Crippen LogP contribution in [0.4, 0.5) is 10.6 Å². The van der Waals surface area contributed by atoms with Crippen molar-refractivity contribution in [3.63, 3.8) is 0 Å². The molecule has 0 aromatic carbocycles. The van der Waals surface area contributed by atoms with Gasteiger partial charge in [0.1, 0.15) is 22.9 Å². The quantitative estimate of drug-likeness (QED) is 0.799. The maximum Gasteiger partial charge on any atom is 0.410 e. The average Bonchev–Trinajstić information content (AvgIpc) is 2.85. The molecule has 1 aromatic heterocycles. The van der Waals surface area contributed by atoms with E-state index in [1.807, 2.05) is 32.7 Å². The van der Waals surface area contributed by atoms with Crippen molar-refractivity contribution in [1.29, 1.82) is 0 Å². The van der Waals surface area contributed by atoms with Gasteiger partial charge in [0.25, 0.3) is 0 Å². The standard InChI is InChI=1S/C15H23ClN4O2/c1-15(2,3)22-14(21)20-6-5-11(9-20)8-19(4)13-7-12(16)17-10-18-13/h7,10-11H,5-6,8-9H2,1-4H3/t11-/m0/s1. The van der Waals surface area contributed by atoms with Crippen LogP contribution in [-0.2, 0) is 4.74 Å². The Kier molecular flexibility index (Phi) is 5.11. The SMILES string of the molecule is CN(C[C@@H]1CCN(C(=O)OC(C)(C)C)C1)c1cc(Cl)ncn1. The molecule has 0 radical (unpaired) electrons. The molecular formula is C15H23ClN4O2. The molecule has 1 aliphatic heterocycles. The molecule has 2 heterocycles.